The van der Waals surface area contributed by atoms with Crippen LogP contribution in [0.3, 0.4) is 0 Å². The Morgan fingerprint density at radius 1 is 1.53 bits per heavy atom. The average Bonchev–Trinajstić information content (AvgIpc) is 2.37. The van der Waals surface area contributed by atoms with Gasteiger partial charge in [0.05, 0.1) is 6.54 Å². The predicted molar refractivity (Wildman–Crippen MR) is 67.2 cm³/mol. The molecule has 90 valence electrons. The van der Waals surface area contributed by atoms with Crippen molar-refractivity contribution in [3.05, 3.63) is 25.0 Å². The maximum atomic E-state index is 11.4. The van der Waals surface area contributed by atoms with Gasteiger partial charge in [0.2, 0.25) is 0 Å². The van der Waals surface area contributed by atoms with Gasteiger partial charge in [0.25, 0.3) is 0 Å². The molecular weight excluding hydrogens is 216 g/mol. The highest BCUT2D eigenvalue weighted by molar-refractivity contribution is 5.84. The van der Waals surface area contributed by atoms with Crippen molar-refractivity contribution >= 4 is 17.4 Å². The van der Waals surface area contributed by atoms with E-state index in [1.807, 2.05) is 11.0 Å². The van der Waals surface area contributed by atoms with Crippen LogP contribution in [0.15, 0.2) is 25.0 Å². The Labute approximate surface area is 101 Å². The van der Waals surface area contributed by atoms with Crippen LogP contribution in [-0.2, 0) is 4.79 Å². The normalized spacial score (nSPS) is 15.8. The number of aromatic nitrogens is 2. The average molecular weight is 232 g/mol. The molecule has 0 atom stereocenters. The first-order chi connectivity index (χ1) is 8.29. The predicted octanol–water partition coefficient (Wildman–Crippen LogP) is 1.24. The molecule has 0 amide bonds. The van der Waals surface area contributed by atoms with E-state index in [4.69, 9.17) is 0 Å². The lowest BCUT2D eigenvalue weighted by Crippen LogP contribution is -2.36. The fourth-order valence-electron chi connectivity index (χ4n) is 1.83. The van der Waals surface area contributed by atoms with Gasteiger partial charge in [-0.3, -0.25) is 4.79 Å². The van der Waals surface area contributed by atoms with Crippen LogP contribution in [0, 0.1) is 0 Å². The first-order valence-corrected chi connectivity index (χ1v) is 5.73. The largest absolute Gasteiger partial charge is 0.366 e. The molecule has 1 fully saturated rings. The smallest absolute Gasteiger partial charge is 0.152 e. The van der Waals surface area contributed by atoms with Gasteiger partial charge in [-0.25, -0.2) is 9.97 Å². The number of anilines is 2. The number of rotatable bonds is 4. The lowest BCUT2D eigenvalue weighted by Gasteiger charge is -2.26. The summed E-state index contributed by atoms with van der Waals surface area (Å²) >= 11 is 0. The topological polar surface area (TPSA) is 58.1 Å². The molecule has 5 nitrogen and oxygen atoms in total. The summed E-state index contributed by atoms with van der Waals surface area (Å²) in [4.78, 5) is 21.7. The van der Waals surface area contributed by atoms with Gasteiger partial charge in [-0.15, -0.1) is 6.58 Å². The van der Waals surface area contributed by atoms with Crippen LogP contribution in [0.5, 0.6) is 0 Å². The monoisotopic (exact) mass is 232 g/mol. The van der Waals surface area contributed by atoms with Crippen molar-refractivity contribution in [1.82, 2.24) is 9.97 Å². The SMILES string of the molecule is C=CCNc1cc(N2CCCC(=O)C2)ncn1. The summed E-state index contributed by atoms with van der Waals surface area (Å²) in [7, 11) is 0. The van der Waals surface area contributed by atoms with E-state index in [0.717, 1.165) is 24.6 Å². The third-order valence-corrected chi connectivity index (χ3v) is 2.66. The van der Waals surface area contributed by atoms with E-state index in [-0.39, 0.29) is 5.78 Å². The molecule has 0 radical (unpaired) electrons. The van der Waals surface area contributed by atoms with E-state index in [1.54, 1.807) is 6.08 Å². The van der Waals surface area contributed by atoms with Crippen LogP contribution in [0.2, 0.25) is 0 Å². The second kappa shape index (κ2) is 5.43. The summed E-state index contributed by atoms with van der Waals surface area (Å²) in [6, 6.07) is 1.86. The minimum absolute atomic E-state index is 0.274. The van der Waals surface area contributed by atoms with Crippen LogP contribution in [0.4, 0.5) is 11.6 Å². The minimum atomic E-state index is 0.274. The maximum Gasteiger partial charge on any atom is 0.152 e. The molecule has 0 saturated carbocycles. The number of ketones is 1. The number of Topliss-reactive ketones (excluding diaryl/α,β-unsaturated/α-hetero) is 1. The number of piperidine rings is 1. The molecule has 1 saturated heterocycles. The molecule has 2 heterocycles. The molecule has 1 aliphatic rings. The Hall–Kier alpha value is -1.91. The molecule has 17 heavy (non-hydrogen) atoms. The van der Waals surface area contributed by atoms with E-state index in [2.05, 4.69) is 21.9 Å². The fourth-order valence-corrected chi connectivity index (χ4v) is 1.83. The fraction of sp³-hybridized carbons (Fsp3) is 0.417. The van der Waals surface area contributed by atoms with Crippen LogP contribution in [-0.4, -0.2) is 35.4 Å². The number of nitrogens with one attached hydrogen (secondary N) is 1. The number of carbonyl (C=O) groups excluding carboxylic acids is 1. The number of hydrogen-bond acceptors (Lipinski definition) is 5. The maximum absolute atomic E-state index is 11.4. The van der Waals surface area contributed by atoms with E-state index >= 15 is 0 Å². The van der Waals surface area contributed by atoms with Gasteiger partial charge >= 0.3 is 0 Å². The van der Waals surface area contributed by atoms with Gasteiger partial charge in [0.1, 0.15) is 18.0 Å². The van der Waals surface area contributed by atoms with Gasteiger partial charge in [-0.05, 0) is 6.42 Å². The van der Waals surface area contributed by atoms with E-state index in [1.165, 1.54) is 6.33 Å². The first kappa shape index (κ1) is 11.6. The molecular formula is C12H16N4O. The molecule has 0 unspecified atom stereocenters. The molecule has 5 heteroatoms. The molecule has 2 rings (SSSR count). The van der Waals surface area contributed by atoms with E-state index in [0.29, 0.717) is 19.5 Å². The van der Waals surface area contributed by atoms with Crippen molar-refractivity contribution in [2.24, 2.45) is 0 Å². The Morgan fingerprint density at radius 3 is 3.18 bits per heavy atom. The molecule has 0 aliphatic carbocycles. The third-order valence-electron chi connectivity index (χ3n) is 2.66. The summed E-state index contributed by atoms with van der Waals surface area (Å²) in [6.45, 7) is 5.63. The molecule has 0 bridgehead atoms. The minimum Gasteiger partial charge on any atom is -0.366 e. The lowest BCUT2D eigenvalue weighted by molar-refractivity contribution is -0.118. The van der Waals surface area contributed by atoms with Crippen molar-refractivity contribution in [3.63, 3.8) is 0 Å². The van der Waals surface area contributed by atoms with Crippen LogP contribution in [0.1, 0.15) is 12.8 Å². The zero-order valence-electron chi connectivity index (χ0n) is 9.72. The third kappa shape index (κ3) is 3.03. The van der Waals surface area contributed by atoms with Crippen LogP contribution >= 0.6 is 0 Å². The molecule has 0 aromatic carbocycles. The van der Waals surface area contributed by atoms with Crippen molar-refractivity contribution in [3.8, 4) is 0 Å². The highest BCUT2D eigenvalue weighted by atomic mass is 16.1. The van der Waals surface area contributed by atoms with Crippen LogP contribution in [0.25, 0.3) is 0 Å². The van der Waals surface area contributed by atoms with Gasteiger partial charge in [0, 0.05) is 25.6 Å². The van der Waals surface area contributed by atoms with Crippen LogP contribution < -0.4 is 10.2 Å². The summed E-state index contributed by atoms with van der Waals surface area (Å²) in [6.07, 6.45) is 4.87. The standard InChI is InChI=1S/C12H16N4O/c1-2-5-13-11-7-12(15-9-14-11)16-6-3-4-10(17)8-16/h2,7,9H,1,3-6,8H2,(H,13,14,15). The van der Waals surface area contributed by atoms with Gasteiger partial charge < -0.3 is 10.2 Å². The summed E-state index contributed by atoms with van der Waals surface area (Å²) in [5.41, 5.74) is 0. The second-order valence-electron chi connectivity index (χ2n) is 3.99. The summed E-state index contributed by atoms with van der Waals surface area (Å²) in [5.74, 6) is 1.84. The van der Waals surface area contributed by atoms with E-state index in [9.17, 15) is 4.79 Å². The molecule has 0 spiro atoms. The number of carbonyl (C=O) groups is 1. The zero-order chi connectivity index (χ0) is 12.1. The highest BCUT2D eigenvalue weighted by Gasteiger charge is 2.18. The molecule has 1 aliphatic heterocycles. The van der Waals surface area contributed by atoms with Crippen molar-refractivity contribution < 1.29 is 4.79 Å². The quantitative estimate of drug-likeness (QED) is 0.792. The molecule has 1 aromatic rings. The summed E-state index contributed by atoms with van der Waals surface area (Å²) in [5, 5.41) is 3.10. The molecule has 1 N–H and O–H groups in total. The van der Waals surface area contributed by atoms with Crippen molar-refractivity contribution in [2.45, 2.75) is 12.8 Å². The molecule has 1 aromatic heterocycles. The Bertz CT molecular complexity index is 419. The highest BCUT2D eigenvalue weighted by Crippen LogP contribution is 2.17. The van der Waals surface area contributed by atoms with Gasteiger partial charge in [-0.1, -0.05) is 6.08 Å². The summed E-state index contributed by atoms with van der Waals surface area (Å²) < 4.78 is 0. The lowest BCUT2D eigenvalue weighted by atomic mass is 10.1. The van der Waals surface area contributed by atoms with E-state index < -0.39 is 0 Å². The van der Waals surface area contributed by atoms with Gasteiger partial charge in [0.15, 0.2) is 5.78 Å². The van der Waals surface area contributed by atoms with Crippen molar-refractivity contribution in [1.29, 1.82) is 0 Å². The number of hydrogen-bond donors (Lipinski definition) is 1. The Balaban J connectivity index is 2.09. The van der Waals surface area contributed by atoms with Crippen molar-refractivity contribution in [2.75, 3.05) is 29.9 Å². The van der Waals surface area contributed by atoms with Gasteiger partial charge in [-0.2, -0.15) is 0 Å². The Kier molecular flexibility index (Phi) is 3.69. The second-order valence-corrected chi connectivity index (χ2v) is 3.99. The number of nitrogens with zero attached hydrogens (tertiary/aromatic N) is 3. The Morgan fingerprint density at radius 2 is 2.41 bits per heavy atom. The zero-order valence-corrected chi connectivity index (χ0v) is 9.72. The first-order valence-electron chi connectivity index (χ1n) is 5.73.